The molecule has 2 nitrogen and oxygen atoms in total. The highest BCUT2D eigenvalue weighted by Gasteiger charge is 2.15. The summed E-state index contributed by atoms with van der Waals surface area (Å²) in [5.74, 6) is 0. The Morgan fingerprint density at radius 1 is 1.17 bits per heavy atom. The van der Waals surface area contributed by atoms with Crippen molar-refractivity contribution in [2.45, 2.75) is 26.3 Å². The van der Waals surface area contributed by atoms with E-state index in [0.29, 0.717) is 6.54 Å². The van der Waals surface area contributed by atoms with Gasteiger partial charge in [-0.15, -0.1) is 0 Å². The van der Waals surface area contributed by atoms with E-state index in [1.807, 2.05) is 26.0 Å². The molecular weight excluding hydrogens is 234 g/mol. The first-order valence-electron chi connectivity index (χ1n) is 6.29. The minimum Gasteiger partial charge on any atom is -0.309 e. The maximum Gasteiger partial charge on any atom is 0.251 e. The Bertz CT molecular complexity index is 338. The number of rotatable bonds is 7. The molecule has 1 aromatic rings. The molecule has 0 amide bonds. The van der Waals surface area contributed by atoms with E-state index in [1.54, 1.807) is 11.9 Å². The predicted octanol–water partition coefficient (Wildman–Crippen LogP) is 2.84. The average molecular weight is 256 g/mol. The van der Waals surface area contributed by atoms with Gasteiger partial charge in [0.1, 0.15) is 0 Å². The zero-order valence-corrected chi connectivity index (χ0v) is 11.3. The predicted molar refractivity (Wildman–Crippen MR) is 71.1 cm³/mol. The first-order chi connectivity index (χ1) is 8.52. The number of nitrogens with one attached hydrogen (secondary N) is 1. The van der Waals surface area contributed by atoms with Gasteiger partial charge in [-0.3, -0.25) is 4.90 Å². The topological polar surface area (TPSA) is 15.3 Å². The van der Waals surface area contributed by atoms with Crippen LogP contribution in [0.5, 0.6) is 0 Å². The van der Waals surface area contributed by atoms with E-state index in [2.05, 4.69) is 17.4 Å². The molecule has 0 radical (unpaired) electrons. The van der Waals surface area contributed by atoms with Crippen LogP contribution >= 0.6 is 0 Å². The number of aryl methyl sites for hydroxylation is 1. The molecule has 18 heavy (non-hydrogen) atoms. The Hall–Kier alpha value is -1.00. The second kappa shape index (κ2) is 7.44. The van der Waals surface area contributed by atoms with Crippen LogP contribution in [0, 0.1) is 6.92 Å². The summed E-state index contributed by atoms with van der Waals surface area (Å²) in [5, 5.41) is 3.34. The number of benzene rings is 1. The first kappa shape index (κ1) is 15.1. The zero-order valence-electron chi connectivity index (χ0n) is 11.3. The molecule has 0 heterocycles. The Balaban J connectivity index is 2.67. The van der Waals surface area contributed by atoms with Crippen LogP contribution in [0.25, 0.3) is 0 Å². The van der Waals surface area contributed by atoms with Gasteiger partial charge in [-0.25, -0.2) is 8.78 Å². The minimum atomic E-state index is -2.28. The molecule has 0 aliphatic heterocycles. The van der Waals surface area contributed by atoms with Crippen molar-refractivity contribution >= 4 is 0 Å². The molecule has 1 unspecified atom stereocenters. The third-order valence-corrected chi connectivity index (χ3v) is 2.87. The lowest BCUT2D eigenvalue weighted by Gasteiger charge is -2.25. The Kier molecular flexibility index (Phi) is 6.22. The van der Waals surface area contributed by atoms with Gasteiger partial charge < -0.3 is 5.32 Å². The zero-order chi connectivity index (χ0) is 13.5. The van der Waals surface area contributed by atoms with E-state index < -0.39 is 6.43 Å². The van der Waals surface area contributed by atoms with E-state index in [4.69, 9.17) is 0 Å². The monoisotopic (exact) mass is 256 g/mol. The van der Waals surface area contributed by atoms with Gasteiger partial charge in [0.25, 0.3) is 6.43 Å². The van der Waals surface area contributed by atoms with Crippen molar-refractivity contribution in [1.82, 2.24) is 10.2 Å². The smallest absolute Gasteiger partial charge is 0.251 e. The fourth-order valence-corrected chi connectivity index (χ4v) is 1.95. The van der Waals surface area contributed by atoms with Crippen LogP contribution in [0.1, 0.15) is 24.1 Å². The molecule has 4 heteroatoms. The molecular formula is C14H22F2N2. The molecule has 0 saturated heterocycles. The van der Waals surface area contributed by atoms with Gasteiger partial charge in [-0.05, 0) is 26.1 Å². The van der Waals surface area contributed by atoms with E-state index in [0.717, 1.165) is 12.1 Å². The van der Waals surface area contributed by atoms with Gasteiger partial charge >= 0.3 is 0 Å². The van der Waals surface area contributed by atoms with Gasteiger partial charge in [0, 0.05) is 12.6 Å². The molecule has 0 fully saturated rings. The second-order valence-corrected chi connectivity index (χ2v) is 4.63. The molecule has 102 valence electrons. The first-order valence-corrected chi connectivity index (χ1v) is 6.29. The summed E-state index contributed by atoms with van der Waals surface area (Å²) in [4.78, 5) is 1.66. The summed E-state index contributed by atoms with van der Waals surface area (Å²) >= 11 is 0. The standard InChI is InChI=1S/C14H22F2N2/c1-4-17-13(9-18(3)10-14(15)16)12-7-5-11(2)6-8-12/h5-8,13-14,17H,4,9-10H2,1-3H3. The minimum absolute atomic E-state index is 0.0966. The van der Waals surface area contributed by atoms with Crippen molar-refractivity contribution in [2.75, 3.05) is 26.7 Å². The molecule has 1 rings (SSSR count). The number of hydrogen-bond acceptors (Lipinski definition) is 2. The number of halogens is 2. The van der Waals surface area contributed by atoms with Crippen LogP contribution in [0.4, 0.5) is 8.78 Å². The molecule has 0 aliphatic carbocycles. The highest BCUT2D eigenvalue weighted by molar-refractivity contribution is 5.24. The van der Waals surface area contributed by atoms with E-state index in [1.165, 1.54) is 5.56 Å². The number of nitrogens with zero attached hydrogens (tertiary/aromatic N) is 1. The van der Waals surface area contributed by atoms with Gasteiger partial charge in [-0.2, -0.15) is 0 Å². The summed E-state index contributed by atoms with van der Waals surface area (Å²) in [6.45, 7) is 5.28. The molecule has 1 atom stereocenters. The summed E-state index contributed by atoms with van der Waals surface area (Å²) < 4.78 is 24.6. The van der Waals surface area contributed by atoms with Crippen molar-refractivity contribution in [2.24, 2.45) is 0 Å². The quantitative estimate of drug-likeness (QED) is 0.807. The van der Waals surface area contributed by atoms with Crippen molar-refractivity contribution in [3.05, 3.63) is 35.4 Å². The summed E-state index contributed by atoms with van der Waals surface area (Å²) in [6.07, 6.45) is -2.28. The summed E-state index contributed by atoms with van der Waals surface area (Å²) in [5.41, 5.74) is 2.35. The Morgan fingerprint density at radius 3 is 2.28 bits per heavy atom. The van der Waals surface area contributed by atoms with Gasteiger partial charge in [0.15, 0.2) is 0 Å². The lowest BCUT2D eigenvalue weighted by Crippen LogP contribution is -2.35. The highest BCUT2D eigenvalue weighted by Crippen LogP contribution is 2.15. The van der Waals surface area contributed by atoms with Gasteiger partial charge in [0.05, 0.1) is 6.54 Å². The third-order valence-electron chi connectivity index (χ3n) is 2.87. The van der Waals surface area contributed by atoms with E-state index in [-0.39, 0.29) is 12.6 Å². The van der Waals surface area contributed by atoms with Crippen molar-refractivity contribution in [3.8, 4) is 0 Å². The van der Waals surface area contributed by atoms with Crippen LogP contribution in [0.15, 0.2) is 24.3 Å². The van der Waals surface area contributed by atoms with Gasteiger partial charge in [-0.1, -0.05) is 36.8 Å². The van der Waals surface area contributed by atoms with Gasteiger partial charge in [0.2, 0.25) is 0 Å². The fourth-order valence-electron chi connectivity index (χ4n) is 1.95. The van der Waals surface area contributed by atoms with Crippen LogP contribution < -0.4 is 5.32 Å². The molecule has 1 aromatic carbocycles. The van der Waals surface area contributed by atoms with Crippen molar-refractivity contribution in [1.29, 1.82) is 0 Å². The Morgan fingerprint density at radius 2 is 1.78 bits per heavy atom. The van der Waals surface area contributed by atoms with Crippen molar-refractivity contribution in [3.63, 3.8) is 0 Å². The Labute approximate surface area is 108 Å². The molecule has 0 saturated carbocycles. The molecule has 1 N–H and O–H groups in total. The second-order valence-electron chi connectivity index (χ2n) is 4.63. The van der Waals surface area contributed by atoms with Crippen LogP contribution in [0.2, 0.25) is 0 Å². The summed E-state index contributed by atoms with van der Waals surface area (Å²) in [6, 6.07) is 8.30. The maximum atomic E-state index is 12.3. The molecule has 0 spiro atoms. The van der Waals surface area contributed by atoms with E-state index in [9.17, 15) is 8.78 Å². The normalized spacial score (nSPS) is 13.3. The summed E-state index contributed by atoms with van der Waals surface area (Å²) in [7, 11) is 1.73. The lowest BCUT2D eigenvalue weighted by atomic mass is 10.0. The van der Waals surface area contributed by atoms with E-state index >= 15 is 0 Å². The van der Waals surface area contributed by atoms with Crippen LogP contribution in [-0.2, 0) is 0 Å². The van der Waals surface area contributed by atoms with Crippen molar-refractivity contribution < 1.29 is 8.78 Å². The fraction of sp³-hybridized carbons (Fsp3) is 0.571. The van der Waals surface area contributed by atoms with Crippen LogP contribution in [0.3, 0.4) is 0 Å². The number of likely N-dealkylation sites (N-methyl/N-ethyl adjacent to an activating group) is 2. The third kappa shape index (κ3) is 5.10. The largest absolute Gasteiger partial charge is 0.309 e. The molecule has 0 bridgehead atoms. The highest BCUT2D eigenvalue weighted by atomic mass is 19.3. The SMILES string of the molecule is CCNC(CN(C)CC(F)F)c1ccc(C)cc1. The molecule has 0 aliphatic rings. The number of alkyl halides is 2. The maximum absolute atomic E-state index is 12.3. The number of hydrogen-bond donors (Lipinski definition) is 1. The van der Waals surface area contributed by atoms with Crippen LogP contribution in [-0.4, -0.2) is 38.0 Å². The lowest BCUT2D eigenvalue weighted by molar-refractivity contribution is 0.0959. The molecule has 0 aromatic heterocycles. The average Bonchev–Trinajstić information content (AvgIpc) is 2.28.